The Bertz CT molecular complexity index is 878. The molecule has 1 fully saturated rings. The van der Waals surface area contributed by atoms with Gasteiger partial charge in [0.15, 0.2) is 0 Å². The largest absolute Gasteiger partial charge is 0.447 e. The predicted octanol–water partition coefficient (Wildman–Crippen LogP) is 3.17. The maximum atomic E-state index is 13.0. The molecule has 6 nitrogen and oxygen atoms in total. The van der Waals surface area contributed by atoms with Crippen molar-refractivity contribution in [2.45, 2.75) is 18.7 Å². The molecule has 2 aromatic carbocycles. The van der Waals surface area contributed by atoms with Crippen molar-refractivity contribution in [3.63, 3.8) is 0 Å². The minimum Gasteiger partial charge on any atom is -0.447 e. The van der Waals surface area contributed by atoms with Crippen LogP contribution in [0.25, 0.3) is 0 Å². The van der Waals surface area contributed by atoms with Gasteiger partial charge in [0.25, 0.3) is 10.0 Å². The normalized spacial score (nSPS) is 14.5. The van der Waals surface area contributed by atoms with E-state index in [0.29, 0.717) is 31.1 Å². The molecule has 1 amide bonds. The topological polar surface area (TPSA) is 66.9 Å². The van der Waals surface area contributed by atoms with Crippen LogP contribution in [0.4, 0.5) is 16.2 Å². The number of sulfonamides is 1. The standard InChI is InChI=1S/C18H20N2O4S/c1-3-20(16-6-4-5-14(2)13-16)25(22,23)17-9-7-15(8-10-17)19-11-12-24-18(19)21/h4-10,13H,3,11-12H2,1-2H3. The zero-order valence-electron chi connectivity index (χ0n) is 14.2. The van der Waals surface area contributed by atoms with E-state index in [0.717, 1.165) is 5.56 Å². The third-order valence-corrected chi connectivity index (χ3v) is 5.99. The summed E-state index contributed by atoms with van der Waals surface area (Å²) < 4.78 is 32.3. The van der Waals surface area contributed by atoms with Gasteiger partial charge in [-0.15, -0.1) is 0 Å². The van der Waals surface area contributed by atoms with E-state index in [1.807, 2.05) is 25.1 Å². The monoisotopic (exact) mass is 360 g/mol. The quantitative estimate of drug-likeness (QED) is 0.821. The first-order valence-corrected chi connectivity index (χ1v) is 9.51. The minimum absolute atomic E-state index is 0.187. The summed E-state index contributed by atoms with van der Waals surface area (Å²) in [6.45, 7) is 4.86. The van der Waals surface area contributed by atoms with Crippen LogP contribution in [-0.4, -0.2) is 34.2 Å². The molecular weight excluding hydrogens is 340 g/mol. The Balaban J connectivity index is 1.92. The molecule has 0 atom stereocenters. The molecule has 0 aliphatic carbocycles. The summed E-state index contributed by atoms with van der Waals surface area (Å²) in [7, 11) is -3.68. The van der Waals surface area contributed by atoms with E-state index in [1.165, 1.54) is 21.3 Å². The maximum Gasteiger partial charge on any atom is 0.414 e. The first kappa shape index (κ1) is 17.3. The van der Waals surface area contributed by atoms with Crippen molar-refractivity contribution in [3.8, 4) is 0 Å². The smallest absolute Gasteiger partial charge is 0.414 e. The molecule has 0 spiro atoms. The van der Waals surface area contributed by atoms with E-state index in [2.05, 4.69) is 0 Å². The summed E-state index contributed by atoms with van der Waals surface area (Å²) in [5.41, 5.74) is 2.25. The zero-order valence-corrected chi connectivity index (χ0v) is 15.0. The van der Waals surface area contributed by atoms with Crippen molar-refractivity contribution >= 4 is 27.5 Å². The van der Waals surface area contributed by atoms with Crippen molar-refractivity contribution in [2.75, 3.05) is 28.9 Å². The molecule has 7 heteroatoms. The van der Waals surface area contributed by atoms with Crippen molar-refractivity contribution in [1.29, 1.82) is 0 Å². The van der Waals surface area contributed by atoms with Crippen molar-refractivity contribution < 1.29 is 17.9 Å². The van der Waals surface area contributed by atoms with E-state index >= 15 is 0 Å². The van der Waals surface area contributed by atoms with Crippen LogP contribution in [0.15, 0.2) is 53.4 Å². The van der Waals surface area contributed by atoms with Gasteiger partial charge < -0.3 is 4.74 Å². The average molecular weight is 360 g/mol. The molecule has 2 aromatic rings. The molecule has 0 unspecified atom stereocenters. The van der Waals surface area contributed by atoms with Gasteiger partial charge >= 0.3 is 6.09 Å². The van der Waals surface area contributed by atoms with E-state index in [1.54, 1.807) is 25.1 Å². The Morgan fingerprint density at radius 1 is 1.16 bits per heavy atom. The molecule has 0 N–H and O–H groups in total. The first-order valence-electron chi connectivity index (χ1n) is 8.07. The fraction of sp³-hybridized carbons (Fsp3) is 0.278. The number of anilines is 2. The van der Waals surface area contributed by atoms with Gasteiger partial charge in [0, 0.05) is 12.2 Å². The summed E-state index contributed by atoms with van der Waals surface area (Å²) in [5.74, 6) is 0. The number of aryl methyl sites for hydroxylation is 1. The molecule has 1 saturated heterocycles. The molecule has 25 heavy (non-hydrogen) atoms. The second-order valence-electron chi connectivity index (χ2n) is 5.77. The van der Waals surface area contributed by atoms with Gasteiger partial charge in [-0.2, -0.15) is 0 Å². The fourth-order valence-electron chi connectivity index (χ4n) is 2.83. The Morgan fingerprint density at radius 2 is 1.88 bits per heavy atom. The molecule has 3 rings (SSSR count). The zero-order chi connectivity index (χ0) is 18.0. The molecule has 0 saturated carbocycles. The van der Waals surface area contributed by atoms with Gasteiger partial charge in [0.05, 0.1) is 17.1 Å². The van der Waals surface area contributed by atoms with Gasteiger partial charge in [-0.25, -0.2) is 13.2 Å². The van der Waals surface area contributed by atoms with Crippen LogP contribution in [0, 0.1) is 6.92 Å². The van der Waals surface area contributed by atoms with E-state index in [4.69, 9.17) is 4.74 Å². The minimum atomic E-state index is -3.68. The number of hydrogen-bond donors (Lipinski definition) is 0. The number of benzene rings is 2. The number of rotatable bonds is 5. The van der Waals surface area contributed by atoms with Gasteiger partial charge in [-0.1, -0.05) is 12.1 Å². The summed E-state index contributed by atoms with van der Waals surface area (Å²) in [5, 5.41) is 0. The average Bonchev–Trinajstić information content (AvgIpc) is 3.01. The van der Waals surface area contributed by atoms with Crippen LogP contribution in [-0.2, 0) is 14.8 Å². The van der Waals surface area contributed by atoms with E-state index < -0.39 is 16.1 Å². The SMILES string of the molecule is CCN(c1cccc(C)c1)S(=O)(=O)c1ccc(N2CCOC2=O)cc1. The second kappa shape index (κ2) is 6.76. The van der Waals surface area contributed by atoms with Gasteiger partial charge in [0.1, 0.15) is 6.61 Å². The van der Waals surface area contributed by atoms with Crippen LogP contribution in [0.3, 0.4) is 0 Å². The molecule has 0 bridgehead atoms. The number of ether oxygens (including phenoxy) is 1. The van der Waals surface area contributed by atoms with Crippen molar-refractivity contribution in [2.24, 2.45) is 0 Å². The van der Waals surface area contributed by atoms with Crippen LogP contribution >= 0.6 is 0 Å². The Hall–Kier alpha value is -2.54. The molecule has 1 aliphatic rings. The number of amides is 1. The molecular formula is C18H20N2O4S. The summed E-state index contributed by atoms with van der Waals surface area (Å²) in [6.07, 6.45) is -0.412. The lowest BCUT2D eigenvalue weighted by Gasteiger charge is -2.23. The van der Waals surface area contributed by atoms with Crippen LogP contribution < -0.4 is 9.21 Å². The lowest BCUT2D eigenvalue weighted by molar-refractivity contribution is 0.181. The molecule has 0 radical (unpaired) electrons. The van der Waals surface area contributed by atoms with Crippen LogP contribution in [0.1, 0.15) is 12.5 Å². The lowest BCUT2D eigenvalue weighted by atomic mass is 10.2. The lowest BCUT2D eigenvalue weighted by Crippen LogP contribution is -2.31. The number of carbonyl (C=O) groups excluding carboxylic acids is 1. The number of cyclic esters (lactones) is 1. The third kappa shape index (κ3) is 3.32. The van der Waals surface area contributed by atoms with E-state index in [9.17, 15) is 13.2 Å². The van der Waals surface area contributed by atoms with Crippen LogP contribution in [0.5, 0.6) is 0 Å². The molecule has 1 aliphatic heterocycles. The maximum absolute atomic E-state index is 13.0. The van der Waals surface area contributed by atoms with Gasteiger partial charge in [0.2, 0.25) is 0 Å². The number of carbonyl (C=O) groups is 1. The number of nitrogens with zero attached hydrogens (tertiary/aromatic N) is 2. The fourth-order valence-corrected chi connectivity index (χ4v) is 4.29. The summed E-state index contributed by atoms with van der Waals surface area (Å²) >= 11 is 0. The Labute approximate surface area is 147 Å². The highest BCUT2D eigenvalue weighted by Crippen LogP contribution is 2.26. The predicted molar refractivity (Wildman–Crippen MR) is 96.5 cm³/mol. The van der Waals surface area contributed by atoms with Crippen molar-refractivity contribution in [3.05, 3.63) is 54.1 Å². The second-order valence-corrected chi connectivity index (χ2v) is 7.63. The molecule has 132 valence electrons. The van der Waals surface area contributed by atoms with E-state index in [-0.39, 0.29) is 4.90 Å². The van der Waals surface area contributed by atoms with Gasteiger partial charge in [-0.3, -0.25) is 9.21 Å². The van der Waals surface area contributed by atoms with Crippen LogP contribution in [0.2, 0.25) is 0 Å². The first-order chi connectivity index (χ1) is 11.9. The summed E-state index contributed by atoms with van der Waals surface area (Å²) in [6, 6.07) is 13.7. The highest BCUT2D eigenvalue weighted by molar-refractivity contribution is 7.92. The summed E-state index contributed by atoms with van der Waals surface area (Å²) in [4.78, 5) is 13.3. The molecule has 0 aromatic heterocycles. The Morgan fingerprint density at radius 3 is 2.44 bits per heavy atom. The Kier molecular flexibility index (Phi) is 4.67. The highest BCUT2D eigenvalue weighted by Gasteiger charge is 2.26. The highest BCUT2D eigenvalue weighted by atomic mass is 32.2. The number of hydrogen-bond acceptors (Lipinski definition) is 4. The molecule has 1 heterocycles. The third-order valence-electron chi connectivity index (χ3n) is 4.07. The van der Waals surface area contributed by atoms with Crippen molar-refractivity contribution in [1.82, 2.24) is 0 Å². The van der Waals surface area contributed by atoms with Gasteiger partial charge in [-0.05, 0) is 55.8 Å².